The van der Waals surface area contributed by atoms with Crippen LogP contribution in [0.4, 0.5) is 4.79 Å². The molecule has 1 atom stereocenters. The minimum Gasteiger partial charge on any atom is -0.474 e. The van der Waals surface area contributed by atoms with Crippen LogP contribution in [0.1, 0.15) is 83.1 Å². The number of piperazine rings is 1. The third-order valence-corrected chi connectivity index (χ3v) is 7.57. The Morgan fingerprint density at radius 3 is 2.29 bits per heavy atom. The Balaban J connectivity index is 1.52. The standard InChI is InChI=1S/C33H45N5O7/c1-5-43-32(42)38-20-18-37(19-21-38)31(41)25(16-11-17-28(39)45-33(2,3)4)35-30(40)26-22-27(44-24-14-9-10-15-24)36-29(34-26)23-12-7-6-8-13-23/h6-8,12-13,22,24-25H,5,9-11,14-21H2,1-4H3,(H,35,40). The minimum absolute atomic E-state index is 0.0230. The molecule has 1 aliphatic carbocycles. The molecule has 1 saturated carbocycles. The Kier molecular flexibility index (Phi) is 11.7. The Hall–Kier alpha value is -4.22. The van der Waals surface area contributed by atoms with Gasteiger partial charge in [0.25, 0.3) is 5.91 Å². The number of benzene rings is 1. The van der Waals surface area contributed by atoms with E-state index in [1.165, 1.54) is 6.07 Å². The number of hydrogen-bond donors (Lipinski definition) is 1. The topological polar surface area (TPSA) is 140 Å². The molecule has 0 spiro atoms. The normalized spacial score (nSPS) is 16.2. The van der Waals surface area contributed by atoms with E-state index in [0.717, 1.165) is 31.2 Å². The monoisotopic (exact) mass is 623 g/mol. The number of nitrogens with one attached hydrogen (secondary N) is 1. The van der Waals surface area contributed by atoms with Gasteiger partial charge < -0.3 is 29.3 Å². The van der Waals surface area contributed by atoms with Crippen LogP contribution in [0.3, 0.4) is 0 Å². The molecule has 4 rings (SSSR count). The Labute approximate surface area is 264 Å². The third-order valence-electron chi connectivity index (χ3n) is 7.57. The van der Waals surface area contributed by atoms with E-state index in [2.05, 4.69) is 15.3 Å². The number of hydrogen-bond acceptors (Lipinski definition) is 9. The quantitative estimate of drug-likeness (QED) is 0.361. The average Bonchev–Trinajstić information content (AvgIpc) is 3.53. The SMILES string of the molecule is CCOC(=O)N1CCN(C(=O)C(CCCC(=O)OC(C)(C)C)NC(=O)c2cc(OC3CCCC3)nc(-c3ccccc3)n2)CC1. The molecular formula is C33H45N5O7. The van der Waals surface area contributed by atoms with Crippen molar-refractivity contribution in [1.82, 2.24) is 25.1 Å². The number of rotatable bonds is 11. The minimum atomic E-state index is -0.927. The molecule has 1 aliphatic heterocycles. The van der Waals surface area contributed by atoms with Crippen molar-refractivity contribution in [2.75, 3.05) is 32.8 Å². The molecule has 0 bridgehead atoms. The zero-order valence-electron chi connectivity index (χ0n) is 26.8. The van der Waals surface area contributed by atoms with Crippen LogP contribution in [-0.4, -0.2) is 94.2 Å². The summed E-state index contributed by atoms with van der Waals surface area (Å²) in [7, 11) is 0. The van der Waals surface area contributed by atoms with E-state index < -0.39 is 23.6 Å². The van der Waals surface area contributed by atoms with Crippen molar-refractivity contribution in [3.63, 3.8) is 0 Å². The van der Waals surface area contributed by atoms with E-state index in [1.54, 1.807) is 37.5 Å². The van der Waals surface area contributed by atoms with Gasteiger partial charge in [-0.25, -0.2) is 9.78 Å². The number of carbonyl (C=O) groups is 4. The highest BCUT2D eigenvalue weighted by atomic mass is 16.6. The van der Waals surface area contributed by atoms with Gasteiger partial charge >= 0.3 is 12.1 Å². The number of amides is 3. The molecule has 2 fully saturated rings. The predicted molar refractivity (Wildman–Crippen MR) is 166 cm³/mol. The molecule has 2 heterocycles. The van der Waals surface area contributed by atoms with Crippen molar-refractivity contribution in [2.24, 2.45) is 0 Å². The summed E-state index contributed by atoms with van der Waals surface area (Å²) in [6.45, 7) is 8.62. The zero-order valence-corrected chi connectivity index (χ0v) is 26.8. The second-order valence-corrected chi connectivity index (χ2v) is 12.3. The molecule has 244 valence electrons. The van der Waals surface area contributed by atoms with Crippen molar-refractivity contribution in [1.29, 1.82) is 0 Å². The molecule has 1 aromatic carbocycles. The fourth-order valence-electron chi connectivity index (χ4n) is 5.37. The fraction of sp³-hybridized carbons (Fsp3) is 0.576. The summed E-state index contributed by atoms with van der Waals surface area (Å²) >= 11 is 0. The lowest BCUT2D eigenvalue weighted by molar-refractivity contribution is -0.155. The molecule has 1 saturated heterocycles. The van der Waals surface area contributed by atoms with Gasteiger partial charge in [-0.2, -0.15) is 4.98 Å². The highest BCUT2D eigenvalue weighted by molar-refractivity contribution is 5.96. The first-order valence-corrected chi connectivity index (χ1v) is 15.9. The molecule has 45 heavy (non-hydrogen) atoms. The molecule has 12 nitrogen and oxygen atoms in total. The van der Waals surface area contributed by atoms with Crippen molar-refractivity contribution >= 4 is 23.9 Å². The van der Waals surface area contributed by atoms with E-state index >= 15 is 0 Å². The largest absolute Gasteiger partial charge is 0.474 e. The van der Waals surface area contributed by atoms with Crippen LogP contribution in [-0.2, 0) is 19.1 Å². The van der Waals surface area contributed by atoms with Crippen LogP contribution in [0.2, 0.25) is 0 Å². The maximum absolute atomic E-state index is 13.8. The first-order chi connectivity index (χ1) is 21.5. The van der Waals surface area contributed by atoms with Gasteiger partial charge in [0.15, 0.2) is 5.82 Å². The van der Waals surface area contributed by atoms with Crippen molar-refractivity contribution in [3.05, 3.63) is 42.1 Å². The van der Waals surface area contributed by atoms with Gasteiger partial charge in [0.1, 0.15) is 23.4 Å². The van der Waals surface area contributed by atoms with E-state index in [1.807, 2.05) is 30.3 Å². The summed E-state index contributed by atoms with van der Waals surface area (Å²) in [5.41, 5.74) is 0.183. The van der Waals surface area contributed by atoms with E-state index in [-0.39, 0.29) is 43.1 Å². The van der Waals surface area contributed by atoms with Gasteiger partial charge in [-0.15, -0.1) is 0 Å². The van der Waals surface area contributed by atoms with Crippen LogP contribution in [0.5, 0.6) is 5.88 Å². The maximum Gasteiger partial charge on any atom is 0.409 e. The lowest BCUT2D eigenvalue weighted by Gasteiger charge is -2.36. The van der Waals surface area contributed by atoms with Gasteiger partial charge in [-0.05, 0) is 66.2 Å². The summed E-state index contributed by atoms with van der Waals surface area (Å²) in [5, 5.41) is 2.87. The number of ether oxygens (including phenoxy) is 3. The van der Waals surface area contributed by atoms with E-state index in [0.29, 0.717) is 44.3 Å². The summed E-state index contributed by atoms with van der Waals surface area (Å²) in [4.78, 5) is 64.3. The van der Waals surface area contributed by atoms with Crippen molar-refractivity contribution in [2.45, 2.75) is 90.4 Å². The molecule has 1 N–H and O–H groups in total. The number of carbonyl (C=O) groups excluding carboxylic acids is 4. The summed E-state index contributed by atoms with van der Waals surface area (Å²) in [6.07, 6.45) is 4.24. The molecular weight excluding hydrogens is 578 g/mol. The summed E-state index contributed by atoms with van der Waals surface area (Å²) < 4.78 is 16.7. The highest BCUT2D eigenvalue weighted by Gasteiger charge is 2.31. The Morgan fingerprint density at radius 2 is 1.64 bits per heavy atom. The molecule has 12 heteroatoms. The number of aromatic nitrogens is 2. The maximum atomic E-state index is 13.8. The Morgan fingerprint density at radius 1 is 0.978 bits per heavy atom. The summed E-state index contributed by atoms with van der Waals surface area (Å²) in [5.74, 6) is -0.564. The van der Waals surface area contributed by atoms with Crippen LogP contribution in [0.25, 0.3) is 11.4 Å². The zero-order chi connectivity index (χ0) is 32.4. The van der Waals surface area contributed by atoms with Crippen molar-refractivity contribution in [3.8, 4) is 17.3 Å². The second-order valence-electron chi connectivity index (χ2n) is 12.3. The average molecular weight is 624 g/mol. The van der Waals surface area contributed by atoms with Crippen molar-refractivity contribution < 1.29 is 33.4 Å². The first-order valence-electron chi connectivity index (χ1n) is 15.9. The molecule has 2 aliphatic rings. The number of nitrogens with zero attached hydrogens (tertiary/aromatic N) is 4. The first kappa shape index (κ1) is 33.7. The number of esters is 1. The smallest absolute Gasteiger partial charge is 0.409 e. The van der Waals surface area contributed by atoms with Gasteiger partial charge in [0.05, 0.1) is 6.61 Å². The van der Waals surface area contributed by atoms with Crippen LogP contribution >= 0.6 is 0 Å². The molecule has 0 radical (unpaired) electrons. The van der Waals surface area contributed by atoms with Crippen LogP contribution < -0.4 is 10.1 Å². The van der Waals surface area contributed by atoms with Crippen LogP contribution in [0, 0.1) is 0 Å². The van der Waals surface area contributed by atoms with E-state index in [4.69, 9.17) is 14.2 Å². The van der Waals surface area contributed by atoms with Crippen LogP contribution in [0.15, 0.2) is 36.4 Å². The van der Waals surface area contributed by atoms with Gasteiger partial charge in [-0.3, -0.25) is 14.4 Å². The third kappa shape index (κ3) is 10.2. The molecule has 1 unspecified atom stereocenters. The molecule has 3 amide bonds. The fourth-order valence-corrected chi connectivity index (χ4v) is 5.37. The lowest BCUT2D eigenvalue weighted by atomic mass is 10.1. The molecule has 1 aromatic heterocycles. The molecule has 2 aromatic rings. The van der Waals surface area contributed by atoms with Gasteiger partial charge in [0, 0.05) is 44.2 Å². The van der Waals surface area contributed by atoms with Gasteiger partial charge in [0.2, 0.25) is 11.8 Å². The lowest BCUT2D eigenvalue weighted by Crippen LogP contribution is -2.56. The Bertz CT molecular complexity index is 1320. The predicted octanol–water partition coefficient (Wildman–Crippen LogP) is 4.38. The second kappa shape index (κ2) is 15.7. The van der Waals surface area contributed by atoms with Gasteiger partial charge in [-0.1, -0.05) is 30.3 Å². The highest BCUT2D eigenvalue weighted by Crippen LogP contribution is 2.25. The van der Waals surface area contributed by atoms with E-state index in [9.17, 15) is 19.2 Å². The summed E-state index contributed by atoms with van der Waals surface area (Å²) in [6, 6.07) is 9.91.